The van der Waals surface area contributed by atoms with Gasteiger partial charge in [0.15, 0.2) is 0 Å². The Kier molecular flexibility index (Phi) is 3.23. The molecule has 0 heterocycles. The van der Waals surface area contributed by atoms with Gasteiger partial charge in [0.25, 0.3) is 0 Å². The van der Waals surface area contributed by atoms with E-state index in [1.54, 1.807) is 12.1 Å². The van der Waals surface area contributed by atoms with Crippen LogP contribution in [0.2, 0.25) is 0 Å². The van der Waals surface area contributed by atoms with Gasteiger partial charge in [-0.05, 0) is 31.2 Å². The van der Waals surface area contributed by atoms with Gasteiger partial charge in [0.1, 0.15) is 5.82 Å². The average molecular weight is 167 g/mol. The number of halogens is 1. The first-order valence-electron chi connectivity index (χ1n) is 4.20. The summed E-state index contributed by atoms with van der Waals surface area (Å²) in [6, 6.07) is 6.98. The standard InChI is InChI=1S/C10H14FN/c1-3-10(12-2)8-5-4-6-9(11)7-8/h4-7,10,12H,3H2,1-2H3/t10-/m0/s1. The average Bonchev–Trinajstić information content (AvgIpc) is 2.07. The van der Waals surface area contributed by atoms with Crippen LogP contribution in [0.25, 0.3) is 0 Å². The van der Waals surface area contributed by atoms with Crippen molar-refractivity contribution in [3.63, 3.8) is 0 Å². The van der Waals surface area contributed by atoms with Crippen LogP contribution in [0.3, 0.4) is 0 Å². The summed E-state index contributed by atoms with van der Waals surface area (Å²) in [5.41, 5.74) is 1.01. The van der Waals surface area contributed by atoms with E-state index in [2.05, 4.69) is 12.2 Å². The third-order valence-electron chi connectivity index (χ3n) is 2.01. The summed E-state index contributed by atoms with van der Waals surface area (Å²) in [6.07, 6.45) is 0.972. The molecule has 0 aliphatic heterocycles. The molecule has 0 aliphatic carbocycles. The van der Waals surface area contributed by atoms with Gasteiger partial charge < -0.3 is 5.32 Å². The van der Waals surface area contributed by atoms with Crippen molar-refractivity contribution in [1.29, 1.82) is 0 Å². The van der Waals surface area contributed by atoms with E-state index in [-0.39, 0.29) is 11.9 Å². The van der Waals surface area contributed by atoms with Gasteiger partial charge in [0.05, 0.1) is 0 Å². The highest BCUT2D eigenvalue weighted by atomic mass is 19.1. The van der Waals surface area contributed by atoms with Crippen LogP contribution in [0.1, 0.15) is 24.9 Å². The van der Waals surface area contributed by atoms with Gasteiger partial charge in [-0.2, -0.15) is 0 Å². The van der Waals surface area contributed by atoms with Gasteiger partial charge in [-0.3, -0.25) is 0 Å². The largest absolute Gasteiger partial charge is 0.313 e. The molecule has 1 N–H and O–H groups in total. The molecule has 0 amide bonds. The van der Waals surface area contributed by atoms with Crippen molar-refractivity contribution in [2.24, 2.45) is 0 Å². The highest BCUT2D eigenvalue weighted by molar-refractivity contribution is 5.19. The van der Waals surface area contributed by atoms with Crippen molar-refractivity contribution in [3.8, 4) is 0 Å². The smallest absolute Gasteiger partial charge is 0.123 e. The monoisotopic (exact) mass is 167 g/mol. The second kappa shape index (κ2) is 4.21. The molecule has 1 atom stereocenters. The first-order chi connectivity index (χ1) is 5.77. The van der Waals surface area contributed by atoms with Crippen LogP contribution in [0.15, 0.2) is 24.3 Å². The topological polar surface area (TPSA) is 12.0 Å². The van der Waals surface area contributed by atoms with E-state index in [4.69, 9.17) is 0 Å². The lowest BCUT2D eigenvalue weighted by Gasteiger charge is -2.13. The zero-order valence-electron chi connectivity index (χ0n) is 7.47. The van der Waals surface area contributed by atoms with Crippen LogP contribution in [0, 0.1) is 5.82 Å². The fourth-order valence-corrected chi connectivity index (χ4v) is 1.33. The van der Waals surface area contributed by atoms with Crippen LogP contribution < -0.4 is 5.32 Å². The highest BCUT2D eigenvalue weighted by Gasteiger charge is 2.05. The molecule has 0 fully saturated rings. The van der Waals surface area contributed by atoms with E-state index in [1.807, 2.05) is 13.1 Å². The molecule has 0 unspecified atom stereocenters. The summed E-state index contributed by atoms with van der Waals surface area (Å²) in [7, 11) is 1.89. The van der Waals surface area contributed by atoms with Gasteiger partial charge >= 0.3 is 0 Å². The Labute approximate surface area is 72.6 Å². The van der Waals surface area contributed by atoms with Crippen molar-refractivity contribution in [2.75, 3.05) is 7.05 Å². The van der Waals surface area contributed by atoms with Crippen molar-refractivity contribution in [1.82, 2.24) is 5.32 Å². The van der Waals surface area contributed by atoms with Crippen LogP contribution in [0.4, 0.5) is 4.39 Å². The fraction of sp³-hybridized carbons (Fsp3) is 0.400. The molecule has 1 aromatic rings. The first-order valence-corrected chi connectivity index (χ1v) is 4.20. The van der Waals surface area contributed by atoms with E-state index in [0.717, 1.165) is 12.0 Å². The molecule has 0 saturated heterocycles. The number of rotatable bonds is 3. The van der Waals surface area contributed by atoms with Crippen LogP contribution in [0.5, 0.6) is 0 Å². The fourth-order valence-electron chi connectivity index (χ4n) is 1.33. The Hall–Kier alpha value is -0.890. The molecule has 1 nitrogen and oxygen atoms in total. The maximum Gasteiger partial charge on any atom is 0.123 e. The summed E-state index contributed by atoms with van der Waals surface area (Å²) in [5, 5.41) is 3.13. The van der Waals surface area contributed by atoms with Crippen LogP contribution >= 0.6 is 0 Å². The lowest BCUT2D eigenvalue weighted by molar-refractivity contribution is 0.565. The number of benzene rings is 1. The Balaban J connectivity index is 2.85. The molecule has 0 aliphatic rings. The van der Waals surface area contributed by atoms with Gasteiger partial charge in [-0.1, -0.05) is 19.1 Å². The van der Waals surface area contributed by atoms with E-state index < -0.39 is 0 Å². The molecule has 66 valence electrons. The van der Waals surface area contributed by atoms with E-state index in [0.29, 0.717) is 0 Å². The van der Waals surface area contributed by atoms with Gasteiger partial charge in [-0.25, -0.2) is 4.39 Å². The van der Waals surface area contributed by atoms with Gasteiger partial charge in [-0.15, -0.1) is 0 Å². The summed E-state index contributed by atoms with van der Waals surface area (Å²) in [5.74, 6) is -0.166. The Bertz CT molecular complexity index is 243. The molecule has 0 bridgehead atoms. The Morgan fingerprint density at radius 1 is 1.50 bits per heavy atom. The molecular formula is C10H14FN. The third-order valence-corrected chi connectivity index (χ3v) is 2.01. The molecule has 0 saturated carbocycles. The van der Waals surface area contributed by atoms with Crippen LogP contribution in [-0.2, 0) is 0 Å². The van der Waals surface area contributed by atoms with E-state index in [1.165, 1.54) is 6.07 Å². The molecule has 0 radical (unpaired) electrons. The zero-order valence-corrected chi connectivity index (χ0v) is 7.47. The summed E-state index contributed by atoms with van der Waals surface area (Å²) < 4.78 is 12.8. The summed E-state index contributed by atoms with van der Waals surface area (Å²) >= 11 is 0. The molecular weight excluding hydrogens is 153 g/mol. The number of hydrogen-bond acceptors (Lipinski definition) is 1. The molecule has 0 spiro atoms. The van der Waals surface area contributed by atoms with Gasteiger partial charge in [0, 0.05) is 6.04 Å². The van der Waals surface area contributed by atoms with Crippen molar-refractivity contribution >= 4 is 0 Å². The molecule has 1 rings (SSSR count). The van der Waals surface area contributed by atoms with E-state index in [9.17, 15) is 4.39 Å². The Morgan fingerprint density at radius 2 is 2.25 bits per heavy atom. The second-order valence-electron chi connectivity index (χ2n) is 2.80. The summed E-state index contributed by atoms with van der Waals surface area (Å²) in [6.45, 7) is 2.08. The summed E-state index contributed by atoms with van der Waals surface area (Å²) in [4.78, 5) is 0. The third kappa shape index (κ3) is 2.05. The minimum atomic E-state index is -0.166. The number of hydrogen-bond donors (Lipinski definition) is 1. The van der Waals surface area contributed by atoms with Crippen LogP contribution in [-0.4, -0.2) is 7.05 Å². The molecule has 12 heavy (non-hydrogen) atoms. The van der Waals surface area contributed by atoms with Crippen molar-refractivity contribution < 1.29 is 4.39 Å². The van der Waals surface area contributed by atoms with Crippen molar-refractivity contribution in [3.05, 3.63) is 35.6 Å². The predicted octanol–water partition coefficient (Wildman–Crippen LogP) is 2.50. The lowest BCUT2D eigenvalue weighted by Crippen LogP contribution is -2.15. The lowest BCUT2D eigenvalue weighted by atomic mass is 10.1. The maximum absolute atomic E-state index is 12.8. The zero-order chi connectivity index (χ0) is 8.97. The van der Waals surface area contributed by atoms with Crippen molar-refractivity contribution in [2.45, 2.75) is 19.4 Å². The molecule has 1 aromatic carbocycles. The molecule has 0 aromatic heterocycles. The highest BCUT2D eigenvalue weighted by Crippen LogP contribution is 2.16. The molecule has 2 heteroatoms. The Morgan fingerprint density at radius 3 is 2.75 bits per heavy atom. The number of nitrogens with one attached hydrogen (secondary N) is 1. The van der Waals surface area contributed by atoms with Gasteiger partial charge in [0.2, 0.25) is 0 Å². The van der Waals surface area contributed by atoms with E-state index >= 15 is 0 Å². The quantitative estimate of drug-likeness (QED) is 0.729. The maximum atomic E-state index is 12.8. The minimum Gasteiger partial charge on any atom is -0.313 e. The minimum absolute atomic E-state index is 0.166. The SMILES string of the molecule is CC[C@H](NC)c1cccc(F)c1. The normalized spacial score (nSPS) is 12.9. The predicted molar refractivity (Wildman–Crippen MR) is 48.5 cm³/mol. The first kappa shape index (κ1) is 9.20. The second-order valence-corrected chi connectivity index (χ2v) is 2.80.